The third-order valence-electron chi connectivity index (χ3n) is 5.72. The van der Waals surface area contributed by atoms with Gasteiger partial charge in [0, 0.05) is 17.8 Å². The van der Waals surface area contributed by atoms with Crippen LogP contribution in [0.25, 0.3) is 0 Å². The molecule has 0 aliphatic carbocycles. The molecule has 4 aromatic rings. The van der Waals surface area contributed by atoms with Gasteiger partial charge in [-0.3, -0.25) is 4.79 Å². The molecule has 4 aromatic carbocycles. The quantitative estimate of drug-likeness (QED) is 0.210. The van der Waals surface area contributed by atoms with Gasteiger partial charge in [-0.05, 0) is 67.1 Å². The van der Waals surface area contributed by atoms with Crippen LogP contribution in [0.2, 0.25) is 0 Å². The van der Waals surface area contributed by atoms with E-state index >= 15 is 0 Å². The minimum atomic E-state index is -1.86. The maximum atomic E-state index is 12.5. The van der Waals surface area contributed by atoms with Gasteiger partial charge in [0.1, 0.15) is 23.2 Å². The first kappa shape index (κ1) is 24.7. The molecule has 0 radical (unpaired) electrons. The average molecular weight is 519 g/mol. The monoisotopic (exact) mass is 518 g/mol. The van der Waals surface area contributed by atoms with Gasteiger partial charge in [-0.15, -0.1) is 0 Å². The fraction of sp³-hybridized carbons (Fsp3) is 0.107. The number of anilines is 1. The zero-order valence-electron chi connectivity index (χ0n) is 18.4. The fourth-order valence-electron chi connectivity index (χ4n) is 4.14. The highest BCUT2D eigenvalue weighted by molar-refractivity contribution is 7.95. The number of hydrogen-bond donors (Lipinski definition) is 2. The van der Waals surface area contributed by atoms with Crippen LogP contribution in [0.5, 0.6) is 0 Å². The lowest BCUT2D eigenvalue weighted by molar-refractivity contribution is -0.0000146. The lowest BCUT2D eigenvalue weighted by Crippen LogP contribution is -3.00. The van der Waals surface area contributed by atoms with Crippen molar-refractivity contribution in [3.63, 3.8) is 0 Å². The topological polar surface area (TPSA) is 55.1 Å². The van der Waals surface area contributed by atoms with Crippen molar-refractivity contribution in [2.24, 2.45) is 0 Å². The van der Waals surface area contributed by atoms with Gasteiger partial charge < -0.3 is 28.0 Å². The zero-order valence-corrected chi connectivity index (χ0v) is 20.9. The molecule has 0 aliphatic heterocycles. The Labute approximate surface area is 207 Å². The summed E-state index contributed by atoms with van der Waals surface area (Å²) in [5.74, 6) is -0.0620. The number of nitrogens with two attached hydrogens (primary N) is 1. The Bertz CT molecular complexity index is 1040. The zero-order chi connectivity index (χ0) is 22.2. The summed E-state index contributed by atoms with van der Waals surface area (Å²) in [7, 11) is -1.86. The van der Waals surface area contributed by atoms with Crippen molar-refractivity contribution in [2.75, 3.05) is 18.4 Å². The first-order valence-electron chi connectivity index (χ1n) is 10.9. The summed E-state index contributed by atoms with van der Waals surface area (Å²) in [6.07, 6.45) is 1.86. The number of halogens is 1. The number of hydrogen-bond acceptors (Lipinski definition) is 2. The molecule has 0 heterocycles. The van der Waals surface area contributed by atoms with Gasteiger partial charge in [0.25, 0.3) is 5.91 Å². The molecular weight excluding hydrogens is 491 g/mol. The van der Waals surface area contributed by atoms with Gasteiger partial charge in [-0.1, -0.05) is 54.6 Å². The van der Waals surface area contributed by atoms with Crippen molar-refractivity contribution in [1.29, 1.82) is 0 Å². The van der Waals surface area contributed by atoms with Crippen LogP contribution in [0.15, 0.2) is 115 Å². The van der Waals surface area contributed by atoms with Crippen molar-refractivity contribution < 1.29 is 21.8 Å². The Hall–Kier alpha value is -2.94. The molecule has 0 aliphatic rings. The highest BCUT2D eigenvalue weighted by Gasteiger charge is 2.44. The van der Waals surface area contributed by atoms with E-state index in [4.69, 9.17) is 5.73 Å². The Morgan fingerprint density at radius 2 is 1.09 bits per heavy atom. The molecule has 1 amide bonds. The van der Waals surface area contributed by atoms with E-state index in [0.29, 0.717) is 17.8 Å². The van der Waals surface area contributed by atoms with Crippen LogP contribution < -0.4 is 43.9 Å². The number of carbonyl (C=O) groups is 1. The maximum Gasteiger partial charge on any atom is 0.251 e. The first-order valence-corrected chi connectivity index (χ1v) is 12.9. The fourth-order valence-corrected chi connectivity index (χ4v) is 8.48. The molecule has 0 spiro atoms. The predicted octanol–water partition coefficient (Wildman–Crippen LogP) is 1.39. The smallest absolute Gasteiger partial charge is 0.251 e. The van der Waals surface area contributed by atoms with Gasteiger partial charge in [-0.25, -0.2) is 0 Å². The molecule has 4 rings (SSSR count). The summed E-state index contributed by atoms with van der Waals surface area (Å²) in [5, 5.41) is 7.17. The number of amides is 1. The van der Waals surface area contributed by atoms with E-state index in [1.165, 1.54) is 15.9 Å². The van der Waals surface area contributed by atoms with E-state index < -0.39 is 7.26 Å². The van der Waals surface area contributed by atoms with Crippen LogP contribution >= 0.6 is 7.26 Å². The van der Waals surface area contributed by atoms with Crippen LogP contribution in [0.4, 0.5) is 5.69 Å². The van der Waals surface area contributed by atoms with Crippen LogP contribution in [0.3, 0.4) is 0 Å². The van der Waals surface area contributed by atoms with E-state index in [2.05, 4.69) is 96.3 Å². The normalized spacial score (nSPS) is 10.8. The largest absolute Gasteiger partial charge is 1.00 e. The van der Waals surface area contributed by atoms with Gasteiger partial charge >= 0.3 is 0 Å². The molecule has 0 fully saturated rings. The second kappa shape index (κ2) is 11.8. The first-order chi connectivity index (χ1) is 15.7. The molecule has 0 atom stereocenters. The molecule has 3 N–H and O–H groups in total. The standard InChI is InChI=1S/C28H27N2OP.BrH/c29-24-19-17-23(18-20-24)28(31)30-21-10-22-32(25-11-4-1-5-12-25,26-13-6-2-7-14-26)27-15-8-3-9-16-27;/h1-9,11-20H,10,21-22H2,(H2-,29,30,31);1H. The third-order valence-corrected chi connectivity index (χ3v) is 10.2. The Morgan fingerprint density at radius 3 is 1.52 bits per heavy atom. The molecule has 0 saturated carbocycles. The van der Waals surface area contributed by atoms with Crippen molar-refractivity contribution in [2.45, 2.75) is 6.42 Å². The maximum absolute atomic E-state index is 12.5. The molecule has 0 aromatic heterocycles. The minimum Gasteiger partial charge on any atom is -1.00 e. The Morgan fingerprint density at radius 1 is 0.667 bits per heavy atom. The van der Waals surface area contributed by atoms with E-state index in [9.17, 15) is 4.79 Å². The van der Waals surface area contributed by atoms with Crippen LogP contribution in [-0.2, 0) is 0 Å². The summed E-state index contributed by atoms with van der Waals surface area (Å²) < 4.78 is 0. The van der Waals surface area contributed by atoms with Crippen molar-refractivity contribution in [3.8, 4) is 0 Å². The van der Waals surface area contributed by atoms with Crippen molar-refractivity contribution >= 4 is 34.8 Å². The van der Waals surface area contributed by atoms with E-state index in [-0.39, 0.29) is 22.9 Å². The molecule has 3 nitrogen and oxygen atoms in total. The van der Waals surface area contributed by atoms with E-state index in [1.807, 2.05) is 0 Å². The highest BCUT2D eigenvalue weighted by atomic mass is 79.9. The van der Waals surface area contributed by atoms with Crippen LogP contribution in [0.1, 0.15) is 16.8 Å². The van der Waals surface area contributed by atoms with Gasteiger partial charge in [0.2, 0.25) is 0 Å². The summed E-state index contributed by atoms with van der Waals surface area (Å²) in [5.41, 5.74) is 7.03. The Kier molecular flexibility index (Phi) is 8.82. The SMILES string of the molecule is Nc1ccc(C(=O)NCCC[P+](c2ccccc2)(c2ccccc2)c2ccccc2)cc1.[Br-]. The highest BCUT2D eigenvalue weighted by Crippen LogP contribution is 2.55. The number of nitrogens with one attached hydrogen (secondary N) is 1. The van der Waals surface area contributed by atoms with E-state index in [1.54, 1.807) is 24.3 Å². The number of benzene rings is 4. The second-order valence-electron chi connectivity index (χ2n) is 7.77. The molecule has 0 saturated heterocycles. The predicted molar refractivity (Wildman–Crippen MR) is 138 cm³/mol. The summed E-state index contributed by atoms with van der Waals surface area (Å²) in [6.45, 7) is 0.622. The summed E-state index contributed by atoms with van der Waals surface area (Å²) in [6, 6.07) is 39.5. The lowest BCUT2D eigenvalue weighted by Gasteiger charge is -2.27. The Balaban J connectivity index is 0.00000306. The van der Waals surface area contributed by atoms with Gasteiger partial charge in [0.15, 0.2) is 0 Å². The molecular formula is C28H28BrN2OP. The second-order valence-corrected chi connectivity index (χ2v) is 11.4. The number of rotatable bonds is 8. The average Bonchev–Trinajstić information content (AvgIpc) is 2.86. The molecule has 168 valence electrons. The lowest BCUT2D eigenvalue weighted by atomic mass is 10.2. The van der Waals surface area contributed by atoms with Crippen LogP contribution in [-0.4, -0.2) is 18.6 Å². The summed E-state index contributed by atoms with van der Waals surface area (Å²) in [4.78, 5) is 12.5. The number of carbonyl (C=O) groups excluding carboxylic acids is 1. The molecule has 0 unspecified atom stereocenters. The molecule has 5 heteroatoms. The minimum absolute atomic E-state index is 0. The molecule has 0 bridgehead atoms. The van der Waals surface area contributed by atoms with E-state index in [0.717, 1.165) is 12.6 Å². The molecule has 33 heavy (non-hydrogen) atoms. The third kappa shape index (κ3) is 5.71. The van der Waals surface area contributed by atoms with Crippen molar-refractivity contribution in [1.82, 2.24) is 5.32 Å². The van der Waals surface area contributed by atoms with Gasteiger partial charge in [0.05, 0.1) is 6.16 Å². The van der Waals surface area contributed by atoms with Crippen LogP contribution in [0, 0.1) is 0 Å². The van der Waals surface area contributed by atoms with Crippen molar-refractivity contribution in [3.05, 3.63) is 121 Å². The summed E-state index contributed by atoms with van der Waals surface area (Å²) >= 11 is 0. The number of nitrogen functional groups attached to an aromatic ring is 1. The van der Waals surface area contributed by atoms with Gasteiger partial charge in [-0.2, -0.15) is 0 Å².